The first-order valence-corrected chi connectivity index (χ1v) is 37.0. The van der Waals surface area contributed by atoms with Crippen LogP contribution in [0.5, 0.6) is 0 Å². The van der Waals surface area contributed by atoms with E-state index in [1.807, 2.05) is 21.1 Å². The summed E-state index contributed by atoms with van der Waals surface area (Å²) in [4.78, 5) is 37.5. The van der Waals surface area contributed by atoms with Gasteiger partial charge in [-0.2, -0.15) is 0 Å². The van der Waals surface area contributed by atoms with Crippen molar-refractivity contribution in [1.29, 1.82) is 0 Å². The Kier molecular flexibility index (Phi) is 67.3. The molecule has 2 unspecified atom stereocenters. The lowest BCUT2D eigenvalue weighted by molar-refractivity contribution is -0.870. The molecule has 0 saturated carbocycles. The van der Waals surface area contributed by atoms with E-state index in [1.165, 1.54) is 141 Å². The monoisotopic (exact) mass is 1260 g/mol. The van der Waals surface area contributed by atoms with Crippen LogP contribution in [0.2, 0.25) is 0 Å². The Hall–Kier alpha value is -4.83. The number of carboxylic acid groups (broad SMARTS) is 1. The van der Waals surface area contributed by atoms with Gasteiger partial charge >= 0.3 is 11.9 Å². The van der Waals surface area contributed by atoms with Crippen LogP contribution in [-0.2, 0) is 33.3 Å². The number of carbonyl (C=O) groups excluding carboxylic acids is 3. The molecule has 0 heterocycles. The summed E-state index contributed by atoms with van der Waals surface area (Å²) in [6, 6.07) is 0. The molecule has 0 spiro atoms. The minimum absolute atomic E-state index is 0.137. The summed E-state index contributed by atoms with van der Waals surface area (Å²) in [5.41, 5.74) is 0. The average molecular weight is 1260 g/mol. The number of nitrogens with zero attached hydrogens (tertiary/aromatic N) is 1. The second-order valence-corrected chi connectivity index (χ2v) is 25.5. The fraction of sp³-hybridized carbons (Fsp3) is 0.671. The Morgan fingerprint density at radius 2 is 0.626 bits per heavy atom. The number of allylic oxidation sites excluding steroid dienone is 24. The molecule has 0 radical (unpaired) electrons. The van der Waals surface area contributed by atoms with Crippen molar-refractivity contribution in [2.24, 2.45) is 0 Å². The average Bonchev–Trinajstić information content (AvgIpc) is 3.46. The minimum atomic E-state index is -1.64. The summed E-state index contributed by atoms with van der Waals surface area (Å²) in [5, 5.41) is 11.8. The van der Waals surface area contributed by atoms with Crippen LogP contribution in [0.4, 0.5) is 0 Å². The smallest absolute Gasteiger partial charge is 0.306 e. The highest BCUT2D eigenvalue weighted by Gasteiger charge is 2.22. The maximum atomic E-state index is 12.9. The van der Waals surface area contributed by atoms with Gasteiger partial charge in [0, 0.05) is 12.8 Å². The molecule has 0 aliphatic rings. The maximum Gasteiger partial charge on any atom is 0.306 e. The predicted octanol–water partition coefficient (Wildman–Crippen LogP) is 22.1. The first-order chi connectivity index (χ1) is 44.6. The SMILES string of the molecule is CC/C=C\C/C=C\C/C=C\C/C=C\C/C=C\C/C=C\C/C=C\C/C=C\C/C=C\CCCCCCCC(=O)OC(COC(=O)CCCCCCCCCCCCCCCCCCCC/C=C\C/C=C\C/C=C\CCCCCCC)COC(OCC[N+](C)(C)C)C(=O)[O-]. The molecule has 0 saturated heterocycles. The van der Waals surface area contributed by atoms with Crippen molar-refractivity contribution in [2.45, 2.75) is 309 Å². The molecule has 0 aromatic rings. The van der Waals surface area contributed by atoms with Crippen LogP contribution in [0.3, 0.4) is 0 Å². The van der Waals surface area contributed by atoms with Gasteiger partial charge in [-0.05, 0) is 122 Å². The molecule has 0 amide bonds. The van der Waals surface area contributed by atoms with Gasteiger partial charge in [0.2, 0.25) is 0 Å². The Morgan fingerprint density at radius 1 is 0.341 bits per heavy atom. The normalized spacial score (nSPS) is 13.5. The molecule has 9 nitrogen and oxygen atoms in total. The van der Waals surface area contributed by atoms with E-state index in [2.05, 4.69) is 160 Å². The zero-order valence-electron chi connectivity index (χ0n) is 59.2. The van der Waals surface area contributed by atoms with E-state index in [0.29, 0.717) is 17.4 Å². The van der Waals surface area contributed by atoms with Gasteiger partial charge in [-0.25, -0.2) is 0 Å². The first kappa shape index (κ1) is 86.2. The number of likely N-dealkylation sites (N-methyl/N-ethyl adjacent to an activating group) is 1. The van der Waals surface area contributed by atoms with Crippen LogP contribution in [0, 0.1) is 0 Å². The molecule has 0 rings (SSSR count). The van der Waals surface area contributed by atoms with Crippen molar-refractivity contribution in [3.63, 3.8) is 0 Å². The molecular formula is C82H137NO8. The number of esters is 2. The second-order valence-electron chi connectivity index (χ2n) is 25.5. The lowest BCUT2D eigenvalue weighted by Gasteiger charge is -2.26. The van der Waals surface area contributed by atoms with E-state index in [-0.39, 0.29) is 38.6 Å². The highest BCUT2D eigenvalue weighted by Crippen LogP contribution is 2.17. The number of carboxylic acids is 1. The highest BCUT2D eigenvalue weighted by atomic mass is 16.7. The van der Waals surface area contributed by atoms with Crippen LogP contribution < -0.4 is 5.11 Å². The molecule has 2 atom stereocenters. The fourth-order valence-electron chi connectivity index (χ4n) is 9.95. The topological polar surface area (TPSA) is 111 Å². The Labute approximate surface area is 560 Å². The number of carbonyl (C=O) groups is 3. The number of hydrogen-bond acceptors (Lipinski definition) is 8. The van der Waals surface area contributed by atoms with Crippen molar-refractivity contribution in [3.05, 3.63) is 146 Å². The number of rotatable bonds is 67. The summed E-state index contributed by atoms with van der Waals surface area (Å²) in [5.74, 6) is -2.31. The molecule has 0 aromatic heterocycles. The van der Waals surface area contributed by atoms with Gasteiger partial charge in [-0.15, -0.1) is 0 Å². The molecule has 0 aromatic carbocycles. The lowest BCUT2D eigenvalue weighted by Crippen LogP contribution is -2.44. The molecule has 0 aliphatic heterocycles. The van der Waals surface area contributed by atoms with Crippen molar-refractivity contribution < 1.29 is 42.9 Å². The first-order valence-electron chi connectivity index (χ1n) is 37.0. The highest BCUT2D eigenvalue weighted by molar-refractivity contribution is 5.70. The fourth-order valence-corrected chi connectivity index (χ4v) is 9.95. The third kappa shape index (κ3) is 72.5. The Bertz CT molecular complexity index is 2010. The molecule has 0 aliphatic carbocycles. The van der Waals surface area contributed by atoms with Crippen molar-refractivity contribution in [1.82, 2.24) is 0 Å². The van der Waals surface area contributed by atoms with Gasteiger partial charge in [0.25, 0.3) is 0 Å². The molecular weight excluding hydrogens is 1130 g/mol. The standard InChI is InChI=1S/C82H137NO8/c1-6-8-10-12-14-16-18-20-22-24-26-28-30-32-34-36-38-40-42-44-46-48-50-52-54-56-58-60-62-64-66-68-70-72-79(84)89-76-78(77-90-82(81(86)87)88-75-74-83(3,4)5)91-80(85)73-71-69-67-65-63-61-59-57-55-53-51-49-47-45-43-41-39-37-35-33-31-29-27-25-23-21-19-17-15-13-11-9-7-2/h9,11,15,17-18,20-21,23-24,26-27,29-30,32-33,35,39,41,45,47,51,53,57,59,78,82H,6-8,10,12-14,16,19,22,25,28,31,34,36-38,40,42-44,46,48-50,52,54-56,58,60-77H2,1-5H3/b11-9-,17-15-,20-18-,23-21-,26-24-,29-27-,32-30-,35-33-,41-39-,47-45-,53-51-,59-57-. The number of quaternary nitrogens is 1. The van der Waals surface area contributed by atoms with Crippen LogP contribution >= 0.6 is 0 Å². The quantitative estimate of drug-likeness (QED) is 0.0195. The van der Waals surface area contributed by atoms with Crippen LogP contribution in [0.1, 0.15) is 296 Å². The van der Waals surface area contributed by atoms with E-state index in [9.17, 15) is 19.5 Å². The van der Waals surface area contributed by atoms with Gasteiger partial charge < -0.3 is 33.3 Å². The van der Waals surface area contributed by atoms with E-state index in [0.717, 1.165) is 122 Å². The third-order valence-electron chi connectivity index (χ3n) is 15.6. The van der Waals surface area contributed by atoms with E-state index in [1.54, 1.807) is 0 Å². The zero-order valence-corrected chi connectivity index (χ0v) is 59.2. The van der Waals surface area contributed by atoms with Gasteiger partial charge in [0.05, 0.1) is 40.3 Å². The zero-order chi connectivity index (χ0) is 66.1. The van der Waals surface area contributed by atoms with E-state index >= 15 is 0 Å². The molecule has 0 fully saturated rings. The van der Waals surface area contributed by atoms with E-state index < -0.39 is 24.3 Å². The van der Waals surface area contributed by atoms with Crippen LogP contribution in [0.15, 0.2) is 146 Å². The summed E-state index contributed by atoms with van der Waals surface area (Å²) >= 11 is 0. The lowest BCUT2D eigenvalue weighted by atomic mass is 10.0. The second kappa shape index (κ2) is 71.0. The molecule has 0 N–H and O–H groups in total. The predicted molar refractivity (Wildman–Crippen MR) is 389 cm³/mol. The van der Waals surface area contributed by atoms with E-state index in [4.69, 9.17) is 18.9 Å². The Balaban J connectivity index is 4.17. The van der Waals surface area contributed by atoms with Gasteiger partial charge in [0.1, 0.15) is 13.2 Å². The maximum absolute atomic E-state index is 12.9. The summed E-state index contributed by atoms with van der Waals surface area (Å²) < 4.78 is 22.8. The van der Waals surface area contributed by atoms with Gasteiger partial charge in [-0.1, -0.05) is 307 Å². The van der Waals surface area contributed by atoms with Crippen LogP contribution in [0.25, 0.3) is 0 Å². The largest absolute Gasteiger partial charge is 0.545 e. The summed E-state index contributed by atoms with van der Waals surface area (Å²) in [6.07, 6.45) is 101. The molecule has 91 heavy (non-hydrogen) atoms. The minimum Gasteiger partial charge on any atom is -0.545 e. The Morgan fingerprint density at radius 3 is 0.934 bits per heavy atom. The van der Waals surface area contributed by atoms with Crippen molar-refractivity contribution in [3.8, 4) is 0 Å². The molecule has 518 valence electrons. The van der Waals surface area contributed by atoms with Gasteiger partial charge in [0.15, 0.2) is 12.4 Å². The summed E-state index contributed by atoms with van der Waals surface area (Å²) in [7, 11) is 5.92. The number of unbranched alkanes of at least 4 members (excludes halogenated alkanes) is 28. The van der Waals surface area contributed by atoms with Gasteiger partial charge in [-0.3, -0.25) is 9.59 Å². The van der Waals surface area contributed by atoms with Crippen molar-refractivity contribution >= 4 is 17.9 Å². The number of hydrogen-bond donors (Lipinski definition) is 0. The van der Waals surface area contributed by atoms with Crippen LogP contribution in [-0.4, -0.2) is 82.3 Å². The summed E-state index contributed by atoms with van der Waals surface area (Å²) in [6.45, 7) is 4.61. The van der Waals surface area contributed by atoms with Crippen molar-refractivity contribution in [2.75, 3.05) is 47.5 Å². The number of aliphatic carboxylic acids is 1. The number of ether oxygens (including phenoxy) is 4. The molecule has 0 bridgehead atoms. The third-order valence-corrected chi connectivity index (χ3v) is 15.6. The molecule has 9 heteroatoms.